The van der Waals surface area contributed by atoms with Gasteiger partial charge in [0.25, 0.3) is 11.8 Å². The smallest absolute Gasteiger partial charge is 0.255 e. The van der Waals surface area contributed by atoms with Crippen LogP contribution in [-0.4, -0.2) is 18.4 Å². The number of nitrogens with one attached hydrogen (secondary N) is 1. The highest BCUT2D eigenvalue weighted by Crippen LogP contribution is 2.35. The van der Waals surface area contributed by atoms with Gasteiger partial charge in [0, 0.05) is 3.57 Å². The molecule has 0 heterocycles. The summed E-state index contributed by atoms with van der Waals surface area (Å²) in [5.41, 5.74) is 10.4. The molecular formula is C16H12FIN4O3. The van der Waals surface area contributed by atoms with E-state index < -0.39 is 24.2 Å². The summed E-state index contributed by atoms with van der Waals surface area (Å²) in [6.45, 7) is -0.527. The first-order valence-electron chi connectivity index (χ1n) is 6.83. The number of nitriles is 1. The van der Waals surface area contributed by atoms with E-state index in [0.29, 0.717) is 3.57 Å². The number of nitrogens with two attached hydrogens (primary N) is 2. The van der Waals surface area contributed by atoms with Gasteiger partial charge in [0.1, 0.15) is 11.9 Å². The van der Waals surface area contributed by atoms with Crippen LogP contribution in [0, 0.1) is 20.7 Å². The molecule has 0 unspecified atom stereocenters. The SMILES string of the molecule is N#Cc1ccc(C(N)=O)c(Nc2ccc(I)cc2F)c1OCC(N)=O. The molecule has 0 aliphatic rings. The first-order chi connectivity index (χ1) is 11.8. The maximum absolute atomic E-state index is 14.1. The van der Waals surface area contributed by atoms with Gasteiger partial charge in [-0.2, -0.15) is 5.26 Å². The largest absolute Gasteiger partial charge is 0.480 e. The summed E-state index contributed by atoms with van der Waals surface area (Å²) in [6.07, 6.45) is 0. The lowest BCUT2D eigenvalue weighted by molar-refractivity contribution is -0.119. The molecule has 0 aliphatic heterocycles. The fraction of sp³-hybridized carbons (Fsp3) is 0.0625. The van der Waals surface area contributed by atoms with Gasteiger partial charge in [0.05, 0.1) is 22.5 Å². The number of anilines is 2. The fourth-order valence-corrected chi connectivity index (χ4v) is 2.47. The van der Waals surface area contributed by atoms with Crippen molar-refractivity contribution in [3.63, 3.8) is 0 Å². The van der Waals surface area contributed by atoms with E-state index in [9.17, 15) is 19.2 Å². The second-order valence-corrected chi connectivity index (χ2v) is 6.09. The van der Waals surface area contributed by atoms with Gasteiger partial charge in [-0.25, -0.2) is 4.39 Å². The first-order valence-corrected chi connectivity index (χ1v) is 7.91. The van der Waals surface area contributed by atoms with Crippen molar-refractivity contribution in [2.75, 3.05) is 11.9 Å². The minimum absolute atomic E-state index is 0.0205. The van der Waals surface area contributed by atoms with Gasteiger partial charge in [-0.05, 0) is 52.9 Å². The highest BCUT2D eigenvalue weighted by Gasteiger charge is 2.20. The molecule has 0 aromatic heterocycles. The van der Waals surface area contributed by atoms with Crippen LogP contribution < -0.4 is 21.5 Å². The van der Waals surface area contributed by atoms with Crippen molar-refractivity contribution in [1.29, 1.82) is 5.26 Å². The second kappa shape index (κ2) is 7.80. The van der Waals surface area contributed by atoms with Crippen LogP contribution in [0.15, 0.2) is 30.3 Å². The number of carbonyl (C=O) groups is 2. The number of primary amides is 2. The summed E-state index contributed by atoms with van der Waals surface area (Å²) < 4.78 is 20.1. The highest BCUT2D eigenvalue weighted by molar-refractivity contribution is 14.1. The molecule has 0 bridgehead atoms. The molecule has 128 valence electrons. The number of carbonyl (C=O) groups excluding carboxylic acids is 2. The molecule has 2 amide bonds. The maximum atomic E-state index is 14.1. The number of halogens is 2. The van der Waals surface area contributed by atoms with Crippen LogP contribution in [0.5, 0.6) is 5.75 Å². The van der Waals surface area contributed by atoms with E-state index in [1.54, 1.807) is 6.07 Å². The summed E-state index contributed by atoms with van der Waals surface area (Å²) in [5.74, 6) is -2.29. The van der Waals surface area contributed by atoms with E-state index in [0.717, 1.165) is 0 Å². The summed E-state index contributed by atoms with van der Waals surface area (Å²) in [5, 5.41) is 11.9. The lowest BCUT2D eigenvalue weighted by atomic mass is 10.1. The van der Waals surface area contributed by atoms with Crippen molar-refractivity contribution in [2.45, 2.75) is 0 Å². The maximum Gasteiger partial charge on any atom is 0.255 e. The zero-order chi connectivity index (χ0) is 18.6. The average molecular weight is 454 g/mol. The van der Waals surface area contributed by atoms with Crippen LogP contribution in [0.3, 0.4) is 0 Å². The number of nitrogens with zero attached hydrogens (tertiary/aromatic N) is 1. The third-order valence-corrected chi connectivity index (χ3v) is 3.76. The van der Waals surface area contributed by atoms with Crippen LogP contribution in [0.1, 0.15) is 15.9 Å². The van der Waals surface area contributed by atoms with Crippen molar-refractivity contribution in [2.24, 2.45) is 11.5 Å². The van der Waals surface area contributed by atoms with E-state index in [1.165, 1.54) is 24.3 Å². The second-order valence-electron chi connectivity index (χ2n) is 4.85. The van der Waals surface area contributed by atoms with Crippen molar-refractivity contribution < 1.29 is 18.7 Å². The summed E-state index contributed by atoms with van der Waals surface area (Å²) >= 11 is 1.95. The number of benzene rings is 2. The van der Waals surface area contributed by atoms with Gasteiger partial charge < -0.3 is 21.5 Å². The number of hydrogen-bond donors (Lipinski definition) is 3. The number of rotatable bonds is 6. The first kappa shape index (κ1) is 18.5. The summed E-state index contributed by atoms with van der Waals surface area (Å²) in [7, 11) is 0. The molecular weight excluding hydrogens is 442 g/mol. The predicted molar refractivity (Wildman–Crippen MR) is 96.8 cm³/mol. The number of amides is 2. The van der Waals surface area contributed by atoms with Crippen molar-refractivity contribution in [3.8, 4) is 11.8 Å². The van der Waals surface area contributed by atoms with Crippen molar-refractivity contribution in [1.82, 2.24) is 0 Å². The molecule has 2 rings (SSSR count). The van der Waals surface area contributed by atoms with E-state index in [1.807, 2.05) is 28.7 Å². The Balaban J connectivity index is 2.60. The molecule has 2 aromatic carbocycles. The van der Waals surface area contributed by atoms with Crippen LogP contribution >= 0.6 is 22.6 Å². The predicted octanol–water partition coefficient (Wildman–Crippen LogP) is 2.01. The molecule has 9 heteroatoms. The number of hydrogen-bond acceptors (Lipinski definition) is 5. The quantitative estimate of drug-likeness (QED) is 0.575. The Labute approximate surface area is 155 Å². The minimum atomic E-state index is -0.818. The van der Waals surface area contributed by atoms with Crippen molar-refractivity contribution in [3.05, 3.63) is 50.8 Å². The van der Waals surface area contributed by atoms with Gasteiger partial charge in [-0.15, -0.1) is 0 Å². The third kappa shape index (κ3) is 4.36. The third-order valence-electron chi connectivity index (χ3n) is 3.09. The zero-order valence-corrected chi connectivity index (χ0v) is 14.8. The van der Waals surface area contributed by atoms with Crippen LogP contribution in [-0.2, 0) is 4.79 Å². The van der Waals surface area contributed by atoms with Crippen LogP contribution in [0.4, 0.5) is 15.8 Å². The van der Waals surface area contributed by atoms with Gasteiger partial charge in [-0.1, -0.05) is 0 Å². The Kier molecular flexibility index (Phi) is 5.76. The van der Waals surface area contributed by atoms with Gasteiger partial charge >= 0.3 is 0 Å². The molecule has 0 saturated carbocycles. The average Bonchev–Trinajstić information content (AvgIpc) is 2.55. The molecule has 2 aromatic rings. The molecule has 25 heavy (non-hydrogen) atoms. The zero-order valence-electron chi connectivity index (χ0n) is 12.7. The summed E-state index contributed by atoms with van der Waals surface area (Å²) in [6, 6.07) is 8.88. The van der Waals surface area contributed by atoms with Gasteiger partial charge in [-0.3, -0.25) is 9.59 Å². The Bertz CT molecular complexity index is 896. The Morgan fingerprint density at radius 2 is 2.00 bits per heavy atom. The molecule has 0 fully saturated rings. The van der Waals surface area contributed by atoms with E-state index in [4.69, 9.17) is 16.2 Å². The molecule has 5 N–H and O–H groups in total. The van der Waals surface area contributed by atoms with Crippen LogP contribution in [0.25, 0.3) is 0 Å². The van der Waals surface area contributed by atoms with E-state index >= 15 is 0 Å². The van der Waals surface area contributed by atoms with Crippen LogP contribution in [0.2, 0.25) is 0 Å². The molecule has 0 saturated heterocycles. The Hall–Kier alpha value is -2.87. The molecule has 0 aliphatic carbocycles. The Morgan fingerprint density at radius 3 is 2.56 bits per heavy atom. The van der Waals surface area contributed by atoms with Gasteiger partial charge in [0.2, 0.25) is 0 Å². The van der Waals surface area contributed by atoms with Crippen molar-refractivity contribution >= 4 is 45.8 Å². The fourth-order valence-electron chi connectivity index (χ4n) is 2.02. The standard InChI is InChI=1S/C16H12FIN4O3/c17-11-5-9(18)2-4-12(11)22-14-10(16(21)24)3-1-8(6-19)15(14)25-7-13(20)23/h1-5,22H,7H2,(H2,20,23)(H2,21,24). The molecule has 7 nitrogen and oxygen atoms in total. The van der Waals surface area contributed by atoms with E-state index in [2.05, 4.69) is 5.32 Å². The van der Waals surface area contributed by atoms with E-state index in [-0.39, 0.29) is 28.3 Å². The monoisotopic (exact) mass is 454 g/mol. The molecule has 0 radical (unpaired) electrons. The molecule has 0 spiro atoms. The minimum Gasteiger partial charge on any atom is -0.480 e. The summed E-state index contributed by atoms with van der Waals surface area (Å²) in [4.78, 5) is 22.7. The molecule has 0 atom stereocenters. The normalized spacial score (nSPS) is 9.96. The Morgan fingerprint density at radius 1 is 1.28 bits per heavy atom. The van der Waals surface area contributed by atoms with Gasteiger partial charge in [0.15, 0.2) is 12.4 Å². The number of ether oxygens (including phenoxy) is 1. The lowest BCUT2D eigenvalue weighted by Crippen LogP contribution is -2.21. The topological polar surface area (TPSA) is 131 Å². The lowest BCUT2D eigenvalue weighted by Gasteiger charge is -2.17. The highest BCUT2D eigenvalue weighted by atomic mass is 127.